The predicted molar refractivity (Wildman–Crippen MR) is 116 cm³/mol. The zero-order valence-corrected chi connectivity index (χ0v) is 17.7. The number of ketones is 1. The Morgan fingerprint density at radius 2 is 1.68 bits per heavy atom. The number of aromatic hydroxyl groups is 1. The normalized spacial score (nSPS) is 17.9. The van der Waals surface area contributed by atoms with Gasteiger partial charge in [-0.3, -0.25) is 9.59 Å². The Labute approximate surface area is 181 Å². The first kappa shape index (κ1) is 22.4. The molecule has 0 spiro atoms. The molecule has 7 nitrogen and oxygen atoms in total. The monoisotopic (exact) mass is 425 g/mol. The van der Waals surface area contributed by atoms with Crippen molar-refractivity contribution >= 4 is 17.4 Å². The van der Waals surface area contributed by atoms with Crippen molar-refractivity contribution < 1.29 is 29.3 Å². The molecule has 164 valence electrons. The molecule has 1 atom stereocenters. The SMILES string of the molecule is CCOCCCN1C(=O)C(=O)/C(=C(\O)c2ccc(OCC)cc2)C1c1ccc(O)cc1. The molecule has 7 heteroatoms. The van der Waals surface area contributed by atoms with Crippen LogP contribution >= 0.6 is 0 Å². The van der Waals surface area contributed by atoms with E-state index in [9.17, 15) is 19.8 Å². The third-order valence-electron chi connectivity index (χ3n) is 5.08. The van der Waals surface area contributed by atoms with Crippen molar-refractivity contribution in [3.8, 4) is 11.5 Å². The quantitative estimate of drug-likeness (QED) is 0.276. The van der Waals surface area contributed by atoms with Crippen molar-refractivity contribution in [3.63, 3.8) is 0 Å². The van der Waals surface area contributed by atoms with E-state index in [1.54, 1.807) is 36.4 Å². The molecule has 1 aliphatic heterocycles. The Hall–Kier alpha value is -3.32. The number of hydrogen-bond donors (Lipinski definition) is 2. The molecule has 1 saturated heterocycles. The Bertz CT molecular complexity index is 949. The number of carbonyl (C=O) groups excluding carboxylic acids is 2. The van der Waals surface area contributed by atoms with Crippen molar-refractivity contribution in [2.75, 3.05) is 26.4 Å². The molecule has 1 fully saturated rings. The van der Waals surface area contributed by atoms with E-state index >= 15 is 0 Å². The minimum absolute atomic E-state index is 0.0243. The van der Waals surface area contributed by atoms with E-state index in [-0.39, 0.29) is 17.1 Å². The third-order valence-corrected chi connectivity index (χ3v) is 5.08. The van der Waals surface area contributed by atoms with E-state index in [1.165, 1.54) is 17.0 Å². The van der Waals surface area contributed by atoms with Gasteiger partial charge in [-0.25, -0.2) is 0 Å². The van der Waals surface area contributed by atoms with Gasteiger partial charge in [0, 0.05) is 25.3 Å². The molecule has 1 heterocycles. The number of aliphatic hydroxyl groups is 1. The molecule has 2 aromatic rings. The Balaban J connectivity index is 2.02. The molecule has 0 aromatic heterocycles. The predicted octanol–water partition coefficient (Wildman–Crippen LogP) is 3.64. The van der Waals surface area contributed by atoms with Crippen LogP contribution in [0.5, 0.6) is 11.5 Å². The molecule has 0 saturated carbocycles. The summed E-state index contributed by atoms with van der Waals surface area (Å²) in [6.07, 6.45) is 0.554. The second-order valence-corrected chi connectivity index (χ2v) is 7.09. The number of likely N-dealkylation sites (tertiary alicyclic amines) is 1. The van der Waals surface area contributed by atoms with Crippen molar-refractivity contribution in [1.82, 2.24) is 4.90 Å². The Kier molecular flexibility index (Phi) is 7.31. The fourth-order valence-corrected chi connectivity index (χ4v) is 3.63. The highest BCUT2D eigenvalue weighted by Crippen LogP contribution is 2.40. The van der Waals surface area contributed by atoms with Crippen LogP contribution in [0.1, 0.15) is 37.4 Å². The van der Waals surface area contributed by atoms with Gasteiger partial charge in [-0.2, -0.15) is 0 Å². The summed E-state index contributed by atoms with van der Waals surface area (Å²) in [4.78, 5) is 27.2. The van der Waals surface area contributed by atoms with Crippen molar-refractivity contribution in [1.29, 1.82) is 0 Å². The van der Waals surface area contributed by atoms with E-state index in [2.05, 4.69) is 0 Å². The van der Waals surface area contributed by atoms with Crippen LogP contribution in [0.15, 0.2) is 54.1 Å². The van der Waals surface area contributed by atoms with Crippen LogP contribution in [0.4, 0.5) is 0 Å². The lowest BCUT2D eigenvalue weighted by Crippen LogP contribution is -2.31. The van der Waals surface area contributed by atoms with E-state index in [0.717, 1.165) is 0 Å². The number of benzene rings is 2. The molecule has 3 rings (SSSR count). The van der Waals surface area contributed by atoms with Crippen LogP contribution in [0, 0.1) is 0 Å². The van der Waals surface area contributed by atoms with Crippen LogP contribution in [0.3, 0.4) is 0 Å². The number of amides is 1. The van der Waals surface area contributed by atoms with Gasteiger partial charge in [-0.05, 0) is 62.2 Å². The van der Waals surface area contributed by atoms with Crippen LogP contribution in [-0.4, -0.2) is 53.2 Å². The number of Topliss-reactive ketones (excluding diaryl/α,β-unsaturated/α-hetero) is 1. The molecular formula is C24H27NO6. The van der Waals surface area contributed by atoms with E-state index in [1.807, 2.05) is 13.8 Å². The van der Waals surface area contributed by atoms with Gasteiger partial charge in [0.1, 0.15) is 17.3 Å². The van der Waals surface area contributed by atoms with E-state index < -0.39 is 17.7 Å². The largest absolute Gasteiger partial charge is 0.508 e. The summed E-state index contributed by atoms with van der Waals surface area (Å²) in [5, 5.41) is 20.7. The first-order chi connectivity index (χ1) is 15.0. The molecule has 2 aromatic carbocycles. The lowest BCUT2D eigenvalue weighted by molar-refractivity contribution is -0.140. The highest BCUT2D eigenvalue weighted by Gasteiger charge is 2.45. The van der Waals surface area contributed by atoms with Crippen molar-refractivity contribution in [3.05, 3.63) is 65.2 Å². The fourth-order valence-electron chi connectivity index (χ4n) is 3.63. The number of ether oxygens (including phenoxy) is 2. The molecule has 1 unspecified atom stereocenters. The molecular weight excluding hydrogens is 398 g/mol. The van der Waals surface area contributed by atoms with Crippen molar-refractivity contribution in [2.45, 2.75) is 26.3 Å². The zero-order valence-electron chi connectivity index (χ0n) is 17.7. The Morgan fingerprint density at radius 3 is 2.29 bits per heavy atom. The number of carbonyl (C=O) groups is 2. The number of hydrogen-bond acceptors (Lipinski definition) is 6. The third kappa shape index (κ3) is 4.88. The van der Waals surface area contributed by atoms with Gasteiger partial charge in [0.05, 0.1) is 18.2 Å². The average molecular weight is 425 g/mol. The standard InChI is InChI=1S/C24H27NO6/c1-3-30-15-5-14-25-21(16-6-10-18(26)11-7-16)20(23(28)24(25)29)22(27)17-8-12-19(13-9-17)31-4-2/h6-13,21,26-27H,3-5,14-15H2,1-2H3/b22-20-. The maximum absolute atomic E-state index is 12.9. The molecule has 31 heavy (non-hydrogen) atoms. The fraction of sp³-hybridized carbons (Fsp3) is 0.333. The van der Waals surface area contributed by atoms with Gasteiger partial charge in [0.15, 0.2) is 0 Å². The summed E-state index contributed by atoms with van der Waals surface area (Å²) in [6, 6.07) is 12.2. The smallest absolute Gasteiger partial charge is 0.295 e. The molecule has 0 aliphatic carbocycles. The summed E-state index contributed by atoms with van der Waals surface area (Å²) in [5.74, 6) is -0.927. The van der Waals surface area contributed by atoms with E-state index in [0.29, 0.717) is 49.7 Å². The number of phenolic OH excluding ortho intramolecular Hbond substituents is 1. The summed E-state index contributed by atoms with van der Waals surface area (Å²) < 4.78 is 10.8. The molecule has 0 bridgehead atoms. The van der Waals surface area contributed by atoms with Crippen LogP contribution in [-0.2, 0) is 14.3 Å². The van der Waals surface area contributed by atoms with Gasteiger partial charge in [-0.15, -0.1) is 0 Å². The first-order valence-corrected chi connectivity index (χ1v) is 10.4. The van der Waals surface area contributed by atoms with Crippen molar-refractivity contribution in [2.24, 2.45) is 0 Å². The molecule has 2 N–H and O–H groups in total. The number of phenols is 1. The van der Waals surface area contributed by atoms with Crippen LogP contribution < -0.4 is 4.74 Å². The number of rotatable bonds is 9. The Morgan fingerprint density at radius 1 is 1.00 bits per heavy atom. The summed E-state index contributed by atoms with van der Waals surface area (Å²) >= 11 is 0. The minimum atomic E-state index is -0.756. The molecule has 1 aliphatic rings. The summed E-state index contributed by atoms with van der Waals surface area (Å²) in [5.41, 5.74) is 1.07. The highest BCUT2D eigenvalue weighted by atomic mass is 16.5. The molecule has 1 amide bonds. The van der Waals surface area contributed by atoms with Gasteiger partial charge in [0.2, 0.25) is 0 Å². The van der Waals surface area contributed by atoms with E-state index in [4.69, 9.17) is 9.47 Å². The maximum Gasteiger partial charge on any atom is 0.295 e. The topological polar surface area (TPSA) is 96.3 Å². The average Bonchev–Trinajstić information content (AvgIpc) is 3.02. The van der Waals surface area contributed by atoms with Crippen LogP contribution in [0.25, 0.3) is 5.76 Å². The maximum atomic E-state index is 12.9. The number of nitrogens with zero attached hydrogens (tertiary/aromatic N) is 1. The lowest BCUT2D eigenvalue weighted by Gasteiger charge is -2.25. The number of aliphatic hydroxyl groups excluding tert-OH is 1. The lowest BCUT2D eigenvalue weighted by atomic mass is 9.95. The van der Waals surface area contributed by atoms with Crippen LogP contribution in [0.2, 0.25) is 0 Å². The van der Waals surface area contributed by atoms with Gasteiger partial charge >= 0.3 is 0 Å². The minimum Gasteiger partial charge on any atom is -0.508 e. The second-order valence-electron chi connectivity index (χ2n) is 7.09. The van der Waals surface area contributed by atoms with Gasteiger partial charge < -0.3 is 24.6 Å². The molecule has 0 radical (unpaired) electrons. The first-order valence-electron chi connectivity index (χ1n) is 10.4. The zero-order chi connectivity index (χ0) is 22.4. The van der Waals surface area contributed by atoms with Gasteiger partial charge in [-0.1, -0.05) is 12.1 Å². The van der Waals surface area contributed by atoms with Gasteiger partial charge in [0.25, 0.3) is 11.7 Å². The second kappa shape index (κ2) is 10.1. The summed E-state index contributed by atoms with van der Waals surface area (Å²) in [6.45, 7) is 5.60. The summed E-state index contributed by atoms with van der Waals surface area (Å²) in [7, 11) is 0. The highest BCUT2D eigenvalue weighted by molar-refractivity contribution is 6.46.